The van der Waals surface area contributed by atoms with Gasteiger partial charge in [-0.25, -0.2) is 0 Å². The summed E-state index contributed by atoms with van der Waals surface area (Å²) in [6.45, 7) is 16.4. The van der Waals surface area contributed by atoms with Crippen LogP contribution >= 0.6 is 0 Å². The van der Waals surface area contributed by atoms with Gasteiger partial charge in [-0.15, -0.1) is 0 Å². The lowest BCUT2D eigenvalue weighted by Crippen LogP contribution is -2.23. The van der Waals surface area contributed by atoms with Gasteiger partial charge in [0, 0.05) is 0 Å². The van der Waals surface area contributed by atoms with Gasteiger partial charge < -0.3 is 9.80 Å². The Bertz CT molecular complexity index is 403. The van der Waals surface area contributed by atoms with Gasteiger partial charge in [-0.3, -0.25) is 0 Å². The van der Waals surface area contributed by atoms with E-state index in [-0.39, 0.29) is 0 Å². The Morgan fingerprint density at radius 2 is 0.786 bits per heavy atom. The predicted molar refractivity (Wildman–Crippen MR) is 126 cm³/mol. The Morgan fingerprint density at radius 1 is 0.464 bits per heavy atom. The van der Waals surface area contributed by atoms with Gasteiger partial charge in [0.05, 0.1) is 0 Å². The van der Waals surface area contributed by atoms with Crippen LogP contribution in [0.5, 0.6) is 0 Å². The van der Waals surface area contributed by atoms with E-state index in [1.807, 2.05) is 0 Å². The molecule has 0 fully saturated rings. The van der Waals surface area contributed by atoms with Crippen LogP contribution in [0.3, 0.4) is 0 Å². The molecule has 0 N–H and O–H groups in total. The molecule has 28 heavy (non-hydrogen) atoms. The minimum Gasteiger partial charge on any atom is -0.304 e. The lowest BCUT2D eigenvalue weighted by atomic mass is 10.0. The first-order chi connectivity index (χ1) is 13.7. The highest BCUT2D eigenvalue weighted by Crippen LogP contribution is 2.13. The average Bonchev–Trinajstić information content (AvgIpc) is 2.74. The maximum absolute atomic E-state index is 2.53. The summed E-state index contributed by atoms with van der Waals surface area (Å²) in [6, 6.07) is 9.47. The van der Waals surface area contributed by atoms with Crippen LogP contribution < -0.4 is 0 Å². The van der Waals surface area contributed by atoms with Crippen molar-refractivity contribution in [2.75, 3.05) is 39.3 Å². The van der Waals surface area contributed by atoms with Crippen LogP contribution in [0, 0.1) is 0 Å². The van der Waals surface area contributed by atoms with Gasteiger partial charge in [-0.2, -0.15) is 0 Å². The molecule has 0 heterocycles. The van der Waals surface area contributed by atoms with Crippen LogP contribution in [0.25, 0.3) is 0 Å². The van der Waals surface area contributed by atoms with E-state index in [0.717, 1.165) is 0 Å². The molecule has 0 radical (unpaired) electrons. The molecule has 0 unspecified atom stereocenters. The second kappa shape index (κ2) is 17.0. The smallest absolute Gasteiger partial charge is 0.00190 e. The minimum absolute atomic E-state index is 1.19. The Labute approximate surface area is 176 Å². The fourth-order valence-corrected chi connectivity index (χ4v) is 3.99. The fourth-order valence-electron chi connectivity index (χ4n) is 3.99. The van der Waals surface area contributed by atoms with Crippen molar-refractivity contribution in [2.24, 2.45) is 0 Å². The molecule has 1 aromatic carbocycles. The Hall–Kier alpha value is -0.860. The summed E-state index contributed by atoms with van der Waals surface area (Å²) in [5.41, 5.74) is 3.04. The maximum Gasteiger partial charge on any atom is -0.00190 e. The van der Waals surface area contributed by atoms with Crippen LogP contribution in [-0.2, 0) is 12.8 Å². The number of hydrogen-bond donors (Lipinski definition) is 0. The van der Waals surface area contributed by atoms with Gasteiger partial charge in [0.2, 0.25) is 0 Å². The first-order valence-corrected chi connectivity index (χ1v) is 12.3. The first-order valence-electron chi connectivity index (χ1n) is 12.3. The third-order valence-corrected chi connectivity index (χ3v) is 6.19. The second-order valence-electron chi connectivity index (χ2n) is 8.20. The van der Waals surface area contributed by atoms with Crippen molar-refractivity contribution in [2.45, 2.75) is 91.9 Å². The van der Waals surface area contributed by atoms with Gasteiger partial charge in [0.15, 0.2) is 0 Å². The van der Waals surface area contributed by atoms with Gasteiger partial charge in [0.1, 0.15) is 0 Å². The average molecular weight is 389 g/mol. The quantitative estimate of drug-likeness (QED) is 0.262. The zero-order valence-corrected chi connectivity index (χ0v) is 19.5. The van der Waals surface area contributed by atoms with Crippen molar-refractivity contribution >= 4 is 0 Å². The van der Waals surface area contributed by atoms with Crippen molar-refractivity contribution < 1.29 is 0 Å². The van der Waals surface area contributed by atoms with Crippen molar-refractivity contribution in [3.63, 3.8) is 0 Å². The van der Waals surface area contributed by atoms with E-state index in [2.05, 4.69) is 61.8 Å². The molecule has 0 aliphatic rings. The van der Waals surface area contributed by atoms with Crippen molar-refractivity contribution in [1.29, 1.82) is 0 Å². The lowest BCUT2D eigenvalue weighted by molar-refractivity contribution is 0.295. The van der Waals surface area contributed by atoms with Crippen LogP contribution in [-0.4, -0.2) is 49.1 Å². The van der Waals surface area contributed by atoms with Crippen molar-refractivity contribution in [1.82, 2.24) is 9.80 Å². The first kappa shape index (κ1) is 25.2. The highest BCUT2D eigenvalue weighted by atomic mass is 15.1. The summed E-state index contributed by atoms with van der Waals surface area (Å²) in [5.74, 6) is 0. The minimum atomic E-state index is 1.19. The number of unbranched alkanes of at least 4 members (excludes halogenated alkanes) is 6. The van der Waals surface area contributed by atoms with Gasteiger partial charge >= 0.3 is 0 Å². The monoisotopic (exact) mass is 388 g/mol. The molecule has 1 aromatic rings. The summed E-state index contributed by atoms with van der Waals surface area (Å²) in [4.78, 5) is 5.06. The Balaban J connectivity index is 2.06. The van der Waals surface area contributed by atoms with E-state index in [1.54, 1.807) is 0 Å². The molecule has 0 aromatic heterocycles. The summed E-state index contributed by atoms with van der Waals surface area (Å²) in [6.07, 6.45) is 13.4. The van der Waals surface area contributed by atoms with E-state index in [1.165, 1.54) is 115 Å². The molecule has 0 saturated heterocycles. The van der Waals surface area contributed by atoms with Gasteiger partial charge in [-0.05, 0) is 88.9 Å². The molecule has 0 atom stereocenters. The second-order valence-corrected chi connectivity index (χ2v) is 8.20. The van der Waals surface area contributed by atoms with Crippen LogP contribution in [0.2, 0.25) is 0 Å². The standard InChI is InChI=1S/C26H48N2/c1-5-27(6-2)23-15-11-9-13-17-25-19-21-26(22-20-25)18-14-10-12-16-24-28(7-3)8-4/h19-22H,5-18,23-24H2,1-4H3. The molecular formula is C26H48N2. The van der Waals surface area contributed by atoms with E-state index < -0.39 is 0 Å². The zero-order valence-electron chi connectivity index (χ0n) is 19.5. The molecule has 2 heteroatoms. The topological polar surface area (TPSA) is 6.48 Å². The molecule has 0 spiro atoms. The van der Waals surface area contributed by atoms with E-state index in [9.17, 15) is 0 Å². The van der Waals surface area contributed by atoms with Crippen LogP contribution in [0.1, 0.15) is 90.2 Å². The number of nitrogens with zero attached hydrogens (tertiary/aromatic N) is 2. The van der Waals surface area contributed by atoms with Crippen molar-refractivity contribution in [3.05, 3.63) is 35.4 Å². The normalized spacial score (nSPS) is 11.6. The highest BCUT2D eigenvalue weighted by Gasteiger charge is 2.01. The molecule has 0 bridgehead atoms. The molecule has 1 rings (SSSR count). The van der Waals surface area contributed by atoms with Crippen LogP contribution in [0.4, 0.5) is 0 Å². The molecule has 0 aliphatic carbocycles. The number of rotatable bonds is 18. The fraction of sp³-hybridized carbons (Fsp3) is 0.769. The summed E-state index contributed by atoms with van der Waals surface area (Å²) < 4.78 is 0. The summed E-state index contributed by atoms with van der Waals surface area (Å²) >= 11 is 0. The molecule has 0 saturated carbocycles. The van der Waals surface area contributed by atoms with Gasteiger partial charge in [-0.1, -0.05) is 77.6 Å². The zero-order chi connectivity index (χ0) is 20.5. The van der Waals surface area contributed by atoms with E-state index in [4.69, 9.17) is 0 Å². The highest BCUT2D eigenvalue weighted by molar-refractivity contribution is 5.22. The SMILES string of the molecule is CCN(CC)CCCCCCc1ccc(CCCCCCN(CC)CC)cc1. The lowest BCUT2D eigenvalue weighted by Gasteiger charge is -2.17. The summed E-state index contributed by atoms with van der Waals surface area (Å²) in [7, 11) is 0. The van der Waals surface area contributed by atoms with Gasteiger partial charge in [0.25, 0.3) is 0 Å². The molecule has 0 amide bonds. The third kappa shape index (κ3) is 11.9. The molecule has 162 valence electrons. The number of aryl methyl sites for hydroxylation is 2. The Kier molecular flexibility index (Phi) is 15.3. The molecule has 2 nitrogen and oxygen atoms in total. The number of hydrogen-bond acceptors (Lipinski definition) is 2. The Morgan fingerprint density at radius 3 is 1.11 bits per heavy atom. The van der Waals surface area contributed by atoms with Crippen molar-refractivity contribution in [3.8, 4) is 0 Å². The molecular weight excluding hydrogens is 340 g/mol. The molecule has 0 aliphatic heterocycles. The van der Waals surface area contributed by atoms with E-state index in [0.29, 0.717) is 0 Å². The predicted octanol–water partition coefficient (Wildman–Crippen LogP) is 6.58. The van der Waals surface area contributed by atoms with E-state index >= 15 is 0 Å². The maximum atomic E-state index is 2.53. The largest absolute Gasteiger partial charge is 0.304 e. The summed E-state index contributed by atoms with van der Waals surface area (Å²) in [5, 5.41) is 0. The van der Waals surface area contributed by atoms with Crippen LogP contribution in [0.15, 0.2) is 24.3 Å². The number of benzene rings is 1. The third-order valence-electron chi connectivity index (χ3n) is 6.19.